The second-order valence-electron chi connectivity index (χ2n) is 4.57. The number of carbonyl (C=O) groups excluding carboxylic acids is 1. The van der Waals surface area contributed by atoms with Gasteiger partial charge in [0.25, 0.3) is 5.91 Å². The van der Waals surface area contributed by atoms with Crippen molar-refractivity contribution in [2.75, 3.05) is 5.32 Å². The first kappa shape index (κ1) is 14.7. The van der Waals surface area contributed by atoms with E-state index < -0.39 is 0 Å². The van der Waals surface area contributed by atoms with Crippen LogP contribution in [0.2, 0.25) is 0 Å². The van der Waals surface area contributed by atoms with Crippen LogP contribution in [-0.4, -0.2) is 5.91 Å². The fourth-order valence-electron chi connectivity index (χ4n) is 2.05. The summed E-state index contributed by atoms with van der Waals surface area (Å²) < 4.78 is 14.0. The molecule has 2 nitrogen and oxygen atoms in total. The lowest BCUT2D eigenvalue weighted by Crippen LogP contribution is -2.14. The Labute approximate surface area is 126 Å². The summed E-state index contributed by atoms with van der Waals surface area (Å²) in [5, 5.41) is 2.88. The average molecular weight is 336 g/mol. The second kappa shape index (κ2) is 6.18. The van der Waals surface area contributed by atoms with Gasteiger partial charge in [0.1, 0.15) is 5.82 Å². The molecular formula is C16H15BrFNO. The zero-order valence-corrected chi connectivity index (χ0v) is 12.9. The molecular weight excluding hydrogens is 321 g/mol. The Hall–Kier alpha value is -1.68. The fraction of sp³-hybridized carbons (Fsp3) is 0.188. The van der Waals surface area contributed by atoms with Gasteiger partial charge in [0.05, 0.1) is 0 Å². The maximum absolute atomic E-state index is 13.1. The summed E-state index contributed by atoms with van der Waals surface area (Å²) >= 11 is 3.41. The van der Waals surface area contributed by atoms with Crippen molar-refractivity contribution < 1.29 is 9.18 Å². The quantitative estimate of drug-likeness (QED) is 0.864. The summed E-state index contributed by atoms with van der Waals surface area (Å²) in [5.41, 5.74) is 2.94. The number of hydrogen-bond acceptors (Lipinski definition) is 1. The van der Waals surface area contributed by atoms with E-state index in [9.17, 15) is 9.18 Å². The molecule has 0 fully saturated rings. The first-order valence-corrected chi connectivity index (χ1v) is 7.16. The molecule has 0 aliphatic carbocycles. The highest BCUT2D eigenvalue weighted by atomic mass is 79.9. The second-order valence-corrected chi connectivity index (χ2v) is 5.48. The van der Waals surface area contributed by atoms with Crippen molar-refractivity contribution in [3.05, 3.63) is 63.4 Å². The number of amides is 1. The molecule has 2 rings (SSSR count). The van der Waals surface area contributed by atoms with Crippen molar-refractivity contribution in [1.82, 2.24) is 0 Å². The molecule has 4 heteroatoms. The van der Waals surface area contributed by atoms with Gasteiger partial charge in [-0.25, -0.2) is 4.39 Å². The van der Waals surface area contributed by atoms with Gasteiger partial charge in [-0.3, -0.25) is 4.79 Å². The number of halogens is 2. The number of nitrogens with one attached hydrogen (secondary N) is 1. The summed E-state index contributed by atoms with van der Waals surface area (Å²) in [5.74, 6) is -0.559. The molecule has 0 atom stereocenters. The lowest BCUT2D eigenvalue weighted by molar-refractivity contribution is 0.102. The van der Waals surface area contributed by atoms with Gasteiger partial charge in [-0.2, -0.15) is 0 Å². The molecule has 0 bridgehead atoms. The van der Waals surface area contributed by atoms with E-state index in [0.29, 0.717) is 11.1 Å². The number of rotatable bonds is 3. The lowest BCUT2D eigenvalue weighted by Gasteiger charge is -2.11. The Kier molecular flexibility index (Phi) is 4.55. The van der Waals surface area contributed by atoms with Crippen LogP contribution in [0.1, 0.15) is 28.4 Å². The van der Waals surface area contributed by atoms with E-state index >= 15 is 0 Å². The molecule has 0 spiro atoms. The fourth-order valence-corrected chi connectivity index (χ4v) is 2.46. The molecule has 2 aromatic rings. The largest absolute Gasteiger partial charge is 0.322 e. The van der Waals surface area contributed by atoms with Gasteiger partial charge >= 0.3 is 0 Å². The first-order valence-electron chi connectivity index (χ1n) is 6.37. The van der Waals surface area contributed by atoms with E-state index in [2.05, 4.69) is 21.2 Å². The van der Waals surface area contributed by atoms with Crippen molar-refractivity contribution >= 4 is 27.5 Å². The Morgan fingerprint density at radius 1 is 1.25 bits per heavy atom. The molecule has 0 heterocycles. The van der Waals surface area contributed by atoms with Crippen LogP contribution in [0, 0.1) is 12.7 Å². The zero-order valence-electron chi connectivity index (χ0n) is 11.3. The van der Waals surface area contributed by atoms with Gasteiger partial charge in [-0.15, -0.1) is 0 Å². The zero-order chi connectivity index (χ0) is 14.7. The maximum atomic E-state index is 13.1. The van der Waals surface area contributed by atoms with Gasteiger partial charge in [0.15, 0.2) is 0 Å². The van der Waals surface area contributed by atoms with Gasteiger partial charge < -0.3 is 5.32 Å². The minimum atomic E-state index is -0.336. The Morgan fingerprint density at radius 2 is 2.00 bits per heavy atom. The Balaban J connectivity index is 2.28. The van der Waals surface area contributed by atoms with E-state index in [1.807, 2.05) is 25.1 Å². The van der Waals surface area contributed by atoms with Gasteiger partial charge in [-0.1, -0.05) is 22.9 Å². The predicted octanol–water partition coefficient (Wildman–Crippen LogP) is 4.71. The summed E-state index contributed by atoms with van der Waals surface area (Å²) in [4.78, 5) is 12.3. The van der Waals surface area contributed by atoms with Gasteiger partial charge in [-0.05, 0) is 60.9 Å². The van der Waals surface area contributed by atoms with Crippen LogP contribution < -0.4 is 5.32 Å². The van der Waals surface area contributed by atoms with Crippen molar-refractivity contribution in [3.8, 4) is 0 Å². The molecule has 104 valence electrons. The third-order valence-corrected chi connectivity index (χ3v) is 3.62. The summed E-state index contributed by atoms with van der Waals surface area (Å²) in [6.45, 7) is 3.75. The van der Waals surface area contributed by atoms with Crippen LogP contribution in [0.5, 0.6) is 0 Å². The molecule has 2 aromatic carbocycles. The molecule has 0 radical (unpaired) electrons. The number of aryl methyl sites for hydroxylation is 2. The number of hydrogen-bond donors (Lipinski definition) is 1. The number of carbonyl (C=O) groups is 1. The Morgan fingerprint density at radius 3 is 2.65 bits per heavy atom. The maximum Gasteiger partial charge on any atom is 0.255 e. The molecule has 0 saturated heterocycles. The summed E-state index contributed by atoms with van der Waals surface area (Å²) in [6, 6.07) is 9.88. The number of anilines is 1. The summed E-state index contributed by atoms with van der Waals surface area (Å²) in [6.07, 6.45) is 0.817. The molecule has 0 unspecified atom stereocenters. The van der Waals surface area contributed by atoms with Crippen LogP contribution in [0.25, 0.3) is 0 Å². The minimum absolute atomic E-state index is 0.223. The SMILES string of the molecule is CCc1cc(Br)ccc1NC(=O)c1ccc(F)cc1C. The van der Waals surface area contributed by atoms with Gasteiger partial charge in [0, 0.05) is 15.7 Å². The molecule has 1 amide bonds. The predicted molar refractivity (Wildman–Crippen MR) is 82.6 cm³/mol. The van der Waals surface area contributed by atoms with Crippen LogP contribution >= 0.6 is 15.9 Å². The van der Waals surface area contributed by atoms with E-state index in [-0.39, 0.29) is 11.7 Å². The standard InChI is InChI=1S/C16H15BrFNO/c1-3-11-9-12(17)4-7-15(11)19-16(20)14-6-5-13(18)8-10(14)2/h4-9H,3H2,1-2H3,(H,19,20). The molecule has 20 heavy (non-hydrogen) atoms. The van der Waals surface area contributed by atoms with Gasteiger partial charge in [0.2, 0.25) is 0 Å². The summed E-state index contributed by atoms with van der Waals surface area (Å²) in [7, 11) is 0. The number of benzene rings is 2. The highest BCUT2D eigenvalue weighted by Gasteiger charge is 2.11. The van der Waals surface area contributed by atoms with E-state index in [1.165, 1.54) is 18.2 Å². The first-order chi connectivity index (χ1) is 9.51. The van der Waals surface area contributed by atoms with Crippen molar-refractivity contribution in [2.45, 2.75) is 20.3 Å². The van der Waals surface area contributed by atoms with E-state index in [4.69, 9.17) is 0 Å². The van der Waals surface area contributed by atoms with Crippen molar-refractivity contribution in [2.24, 2.45) is 0 Å². The molecule has 0 aromatic heterocycles. The Bertz CT molecular complexity index is 655. The van der Waals surface area contributed by atoms with Crippen LogP contribution in [0.15, 0.2) is 40.9 Å². The molecule has 1 N–H and O–H groups in total. The molecule has 0 saturated carbocycles. The molecule has 0 aliphatic heterocycles. The van der Waals surface area contributed by atoms with Crippen LogP contribution in [0.3, 0.4) is 0 Å². The lowest BCUT2D eigenvalue weighted by atomic mass is 10.1. The monoisotopic (exact) mass is 335 g/mol. The smallest absolute Gasteiger partial charge is 0.255 e. The van der Waals surface area contributed by atoms with E-state index in [1.54, 1.807) is 6.92 Å². The van der Waals surface area contributed by atoms with Crippen molar-refractivity contribution in [3.63, 3.8) is 0 Å². The molecule has 0 aliphatic rings. The average Bonchev–Trinajstić information content (AvgIpc) is 2.40. The third kappa shape index (κ3) is 3.25. The van der Waals surface area contributed by atoms with Crippen LogP contribution in [0.4, 0.5) is 10.1 Å². The third-order valence-electron chi connectivity index (χ3n) is 3.13. The van der Waals surface area contributed by atoms with Crippen molar-refractivity contribution in [1.29, 1.82) is 0 Å². The minimum Gasteiger partial charge on any atom is -0.322 e. The highest BCUT2D eigenvalue weighted by Crippen LogP contribution is 2.22. The highest BCUT2D eigenvalue weighted by molar-refractivity contribution is 9.10. The topological polar surface area (TPSA) is 29.1 Å². The normalized spacial score (nSPS) is 10.4. The van der Waals surface area contributed by atoms with E-state index in [0.717, 1.165) is 22.1 Å². The van der Waals surface area contributed by atoms with Crippen LogP contribution in [-0.2, 0) is 6.42 Å².